The number of carboxylic acid groups (broad SMARTS) is 1. The van der Waals surface area contributed by atoms with Crippen molar-refractivity contribution in [1.29, 1.82) is 0 Å². The van der Waals surface area contributed by atoms with Crippen molar-refractivity contribution in [1.82, 2.24) is 0 Å². The Hall–Kier alpha value is -2.33. The van der Waals surface area contributed by atoms with Crippen LogP contribution in [0.25, 0.3) is 0 Å². The van der Waals surface area contributed by atoms with Gasteiger partial charge in [0.2, 0.25) is 0 Å². The molecule has 0 aromatic heterocycles. The second kappa shape index (κ2) is 5.64. The summed E-state index contributed by atoms with van der Waals surface area (Å²) >= 11 is 6.33. The smallest absolute Gasteiger partial charge is 0.335 e. The van der Waals surface area contributed by atoms with Gasteiger partial charge in [-0.1, -0.05) is 42.0 Å². The van der Waals surface area contributed by atoms with Crippen LogP contribution >= 0.6 is 11.6 Å². The van der Waals surface area contributed by atoms with Crippen LogP contribution in [-0.4, -0.2) is 11.1 Å². The first-order valence-electron chi connectivity index (χ1n) is 7.80. The zero-order chi connectivity index (χ0) is 16.8. The number of hydrogen-bond donors (Lipinski definition) is 2. The van der Waals surface area contributed by atoms with Crippen LogP contribution in [0.15, 0.2) is 48.6 Å². The van der Waals surface area contributed by atoms with Crippen molar-refractivity contribution in [3.05, 3.63) is 76.1 Å². The van der Waals surface area contributed by atoms with Crippen molar-refractivity contribution >= 4 is 23.3 Å². The number of allylic oxidation sites excluding steroid dienone is 2. The van der Waals surface area contributed by atoms with E-state index in [9.17, 15) is 14.3 Å². The summed E-state index contributed by atoms with van der Waals surface area (Å²) in [4.78, 5) is 11.3. The van der Waals surface area contributed by atoms with Gasteiger partial charge in [-0.05, 0) is 36.1 Å². The Labute approximate surface area is 143 Å². The molecule has 4 rings (SSSR count). The standard InChI is InChI=1S/C19H15ClFNO2/c20-15-9-10(19(23)24)8-14-11-5-3-6-12(11)17(22-18(14)15)13-4-1-2-7-16(13)21/h1-5,7-9,11-12,17,22H,6H2,(H,23,24)/t11-,12-,17-/m0/s1. The highest BCUT2D eigenvalue weighted by atomic mass is 35.5. The second-order valence-electron chi connectivity index (χ2n) is 6.22. The predicted molar refractivity (Wildman–Crippen MR) is 91.2 cm³/mol. The second-order valence-corrected chi connectivity index (χ2v) is 6.63. The number of fused-ring (bicyclic) bond motifs is 3. The molecule has 5 heteroatoms. The van der Waals surface area contributed by atoms with Crippen molar-refractivity contribution < 1.29 is 14.3 Å². The molecule has 3 nitrogen and oxygen atoms in total. The van der Waals surface area contributed by atoms with E-state index in [1.54, 1.807) is 18.2 Å². The van der Waals surface area contributed by atoms with E-state index in [1.807, 2.05) is 6.07 Å². The quantitative estimate of drug-likeness (QED) is 0.754. The summed E-state index contributed by atoms with van der Waals surface area (Å²) in [7, 11) is 0. The number of anilines is 1. The van der Waals surface area contributed by atoms with Gasteiger partial charge in [0.15, 0.2) is 0 Å². The molecule has 0 saturated heterocycles. The minimum atomic E-state index is -1.01. The molecule has 2 N–H and O–H groups in total. The lowest BCUT2D eigenvalue weighted by Crippen LogP contribution is -2.30. The summed E-state index contributed by atoms with van der Waals surface area (Å²) in [5.41, 5.74) is 2.35. The molecule has 1 aliphatic carbocycles. The lowest BCUT2D eigenvalue weighted by Gasteiger charge is -2.38. The third-order valence-corrected chi connectivity index (χ3v) is 5.21. The Balaban J connectivity index is 1.85. The zero-order valence-corrected chi connectivity index (χ0v) is 13.4. The van der Waals surface area contributed by atoms with Crippen molar-refractivity contribution in [2.24, 2.45) is 5.92 Å². The third-order valence-electron chi connectivity index (χ3n) is 4.91. The molecule has 1 aliphatic heterocycles. The summed E-state index contributed by atoms with van der Waals surface area (Å²) in [6.45, 7) is 0. The number of carbonyl (C=O) groups is 1. The molecule has 2 aromatic rings. The number of benzene rings is 2. The number of carboxylic acids is 1. The first kappa shape index (κ1) is 15.2. The lowest BCUT2D eigenvalue weighted by molar-refractivity contribution is 0.0696. The van der Waals surface area contributed by atoms with Crippen LogP contribution in [0.3, 0.4) is 0 Å². The van der Waals surface area contributed by atoms with E-state index in [0.29, 0.717) is 16.3 Å². The van der Waals surface area contributed by atoms with E-state index in [0.717, 1.165) is 12.0 Å². The highest BCUT2D eigenvalue weighted by Gasteiger charge is 2.40. The molecule has 1 heterocycles. The summed E-state index contributed by atoms with van der Waals surface area (Å²) < 4.78 is 14.3. The summed E-state index contributed by atoms with van der Waals surface area (Å²) in [5, 5.41) is 13.0. The number of aromatic carboxylic acids is 1. The molecule has 2 aliphatic rings. The maximum Gasteiger partial charge on any atom is 0.335 e. The fraction of sp³-hybridized carbons (Fsp3) is 0.211. The zero-order valence-electron chi connectivity index (χ0n) is 12.7. The van der Waals surface area contributed by atoms with Gasteiger partial charge in [-0.25, -0.2) is 9.18 Å². The normalized spacial score (nSPS) is 24.2. The molecule has 0 bridgehead atoms. The number of halogens is 2. The molecule has 24 heavy (non-hydrogen) atoms. The van der Waals surface area contributed by atoms with Crippen molar-refractivity contribution in [3.63, 3.8) is 0 Å². The van der Waals surface area contributed by atoms with Gasteiger partial charge in [-0.2, -0.15) is 0 Å². The maximum atomic E-state index is 14.3. The van der Waals surface area contributed by atoms with Gasteiger partial charge in [-0.15, -0.1) is 0 Å². The molecule has 2 aromatic carbocycles. The monoisotopic (exact) mass is 343 g/mol. The number of hydrogen-bond acceptors (Lipinski definition) is 2. The molecule has 0 saturated carbocycles. The van der Waals surface area contributed by atoms with Crippen LogP contribution < -0.4 is 5.32 Å². The molecule has 3 atom stereocenters. The van der Waals surface area contributed by atoms with Crippen LogP contribution in [-0.2, 0) is 0 Å². The van der Waals surface area contributed by atoms with Crippen LogP contribution in [0, 0.1) is 11.7 Å². The molecule has 0 spiro atoms. The van der Waals surface area contributed by atoms with E-state index in [4.69, 9.17) is 11.6 Å². The number of nitrogens with one attached hydrogen (secondary N) is 1. The predicted octanol–water partition coefficient (Wildman–Crippen LogP) is 5.00. The van der Waals surface area contributed by atoms with Crippen molar-refractivity contribution in [3.8, 4) is 0 Å². The van der Waals surface area contributed by atoms with Gasteiger partial charge >= 0.3 is 5.97 Å². The van der Waals surface area contributed by atoms with Crippen LogP contribution in [0.2, 0.25) is 5.02 Å². The van der Waals surface area contributed by atoms with E-state index in [2.05, 4.69) is 17.5 Å². The van der Waals surface area contributed by atoms with Gasteiger partial charge in [0.05, 0.1) is 22.3 Å². The molecule has 0 radical (unpaired) electrons. The van der Waals surface area contributed by atoms with Gasteiger partial charge < -0.3 is 10.4 Å². The van der Waals surface area contributed by atoms with Crippen LogP contribution in [0.5, 0.6) is 0 Å². The fourth-order valence-corrected chi connectivity index (χ4v) is 4.10. The Morgan fingerprint density at radius 1 is 1.25 bits per heavy atom. The fourth-order valence-electron chi connectivity index (χ4n) is 3.81. The highest BCUT2D eigenvalue weighted by molar-refractivity contribution is 6.33. The van der Waals surface area contributed by atoms with Gasteiger partial charge in [0, 0.05) is 11.5 Å². The Kier molecular flexibility index (Phi) is 3.57. The van der Waals surface area contributed by atoms with E-state index in [-0.39, 0.29) is 29.3 Å². The average Bonchev–Trinajstić information content (AvgIpc) is 3.05. The summed E-state index contributed by atoms with van der Waals surface area (Å²) in [5.74, 6) is -1.09. The number of rotatable bonds is 2. The van der Waals surface area contributed by atoms with Crippen LogP contribution in [0.4, 0.5) is 10.1 Å². The van der Waals surface area contributed by atoms with Crippen molar-refractivity contribution in [2.45, 2.75) is 18.4 Å². The van der Waals surface area contributed by atoms with Crippen LogP contribution in [0.1, 0.15) is 39.9 Å². The van der Waals surface area contributed by atoms with Gasteiger partial charge in [0.25, 0.3) is 0 Å². The minimum absolute atomic E-state index is 0.0302. The van der Waals surface area contributed by atoms with E-state index in [1.165, 1.54) is 12.1 Å². The third kappa shape index (κ3) is 2.29. The summed E-state index contributed by atoms with van der Waals surface area (Å²) in [6, 6.07) is 9.64. The van der Waals surface area contributed by atoms with Gasteiger partial charge in [0.1, 0.15) is 5.82 Å². The largest absolute Gasteiger partial charge is 0.478 e. The lowest BCUT2D eigenvalue weighted by atomic mass is 9.76. The molecule has 0 unspecified atom stereocenters. The average molecular weight is 344 g/mol. The molecule has 122 valence electrons. The maximum absolute atomic E-state index is 14.3. The SMILES string of the molecule is O=C(O)c1cc(Cl)c2c(c1)[C@H]1C=CC[C@@H]1[C@@H](c1ccccc1F)N2. The Bertz CT molecular complexity index is 864. The molecular weight excluding hydrogens is 329 g/mol. The minimum Gasteiger partial charge on any atom is -0.478 e. The first-order chi connectivity index (χ1) is 11.6. The Morgan fingerprint density at radius 2 is 2.04 bits per heavy atom. The molecular formula is C19H15ClFNO2. The highest BCUT2D eigenvalue weighted by Crippen LogP contribution is 2.52. The first-order valence-corrected chi connectivity index (χ1v) is 8.18. The topological polar surface area (TPSA) is 49.3 Å². The molecule has 0 amide bonds. The molecule has 0 fully saturated rings. The van der Waals surface area contributed by atoms with E-state index >= 15 is 0 Å². The van der Waals surface area contributed by atoms with Crippen molar-refractivity contribution in [2.75, 3.05) is 5.32 Å². The Morgan fingerprint density at radius 3 is 2.79 bits per heavy atom. The van der Waals surface area contributed by atoms with E-state index < -0.39 is 5.97 Å². The van der Waals surface area contributed by atoms with Gasteiger partial charge in [-0.3, -0.25) is 0 Å². The summed E-state index contributed by atoms with van der Waals surface area (Å²) in [6.07, 6.45) is 4.95.